The molecule has 100 valence electrons. The normalized spacial score (nSPS) is 16.2. The molecule has 0 N–H and O–H groups in total. The lowest BCUT2D eigenvalue weighted by Crippen LogP contribution is -1.97. The summed E-state index contributed by atoms with van der Waals surface area (Å²) in [6, 6.07) is 5.49. The van der Waals surface area contributed by atoms with Gasteiger partial charge in [-0.3, -0.25) is 0 Å². The van der Waals surface area contributed by atoms with Crippen LogP contribution in [0.5, 0.6) is 0 Å². The zero-order valence-electron chi connectivity index (χ0n) is 10.3. The van der Waals surface area contributed by atoms with E-state index in [4.69, 9.17) is 11.6 Å². The van der Waals surface area contributed by atoms with Gasteiger partial charge in [0.15, 0.2) is 0 Å². The first-order chi connectivity index (χ1) is 9.15. The topological polar surface area (TPSA) is 0 Å². The van der Waals surface area contributed by atoms with Crippen molar-refractivity contribution in [1.29, 1.82) is 0 Å². The molecule has 19 heavy (non-hydrogen) atoms. The number of thiophene rings is 1. The van der Waals surface area contributed by atoms with Crippen molar-refractivity contribution in [2.75, 3.05) is 0 Å². The van der Waals surface area contributed by atoms with Crippen LogP contribution in [0, 0.1) is 11.6 Å². The Morgan fingerprint density at radius 3 is 2.68 bits per heavy atom. The molecule has 1 aliphatic carbocycles. The Labute approximate surface area is 120 Å². The molecule has 1 aromatic carbocycles. The summed E-state index contributed by atoms with van der Waals surface area (Å²) in [5.41, 5.74) is 1.55. The van der Waals surface area contributed by atoms with Gasteiger partial charge in [0.2, 0.25) is 0 Å². The van der Waals surface area contributed by atoms with Gasteiger partial charge in [0.05, 0.1) is 5.38 Å². The van der Waals surface area contributed by atoms with Crippen molar-refractivity contribution in [3.05, 3.63) is 56.8 Å². The molecule has 0 fully saturated rings. The minimum Gasteiger partial charge on any atom is -0.207 e. The number of rotatable bonds is 2. The second-order valence-electron chi connectivity index (χ2n) is 4.83. The van der Waals surface area contributed by atoms with Crippen molar-refractivity contribution in [1.82, 2.24) is 0 Å². The van der Waals surface area contributed by atoms with Crippen LogP contribution in [-0.2, 0) is 12.8 Å². The highest BCUT2D eigenvalue weighted by Crippen LogP contribution is 2.39. The first kappa shape index (κ1) is 13.1. The highest BCUT2D eigenvalue weighted by atomic mass is 35.5. The van der Waals surface area contributed by atoms with E-state index in [0.717, 1.165) is 29.9 Å². The van der Waals surface area contributed by atoms with E-state index in [0.29, 0.717) is 0 Å². The maximum Gasteiger partial charge on any atom is 0.128 e. The summed E-state index contributed by atoms with van der Waals surface area (Å²) >= 11 is 7.96. The fourth-order valence-corrected chi connectivity index (χ4v) is 4.12. The van der Waals surface area contributed by atoms with E-state index in [1.165, 1.54) is 29.3 Å². The fraction of sp³-hybridized carbons (Fsp3) is 0.333. The molecule has 4 heteroatoms. The Morgan fingerprint density at radius 2 is 1.89 bits per heavy atom. The van der Waals surface area contributed by atoms with Gasteiger partial charge in [-0.2, -0.15) is 0 Å². The van der Waals surface area contributed by atoms with Crippen LogP contribution in [0.4, 0.5) is 8.78 Å². The Kier molecular flexibility index (Phi) is 3.59. The zero-order chi connectivity index (χ0) is 13.4. The van der Waals surface area contributed by atoms with Gasteiger partial charge in [-0.25, -0.2) is 8.78 Å². The molecule has 0 saturated carbocycles. The summed E-state index contributed by atoms with van der Waals surface area (Å²) in [6.45, 7) is 0. The third-order valence-electron chi connectivity index (χ3n) is 3.50. The van der Waals surface area contributed by atoms with Crippen LogP contribution in [-0.4, -0.2) is 0 Å². The number of alkyl halides is 1. The molecule has 0 spiro atoms. The largest absolute Gasteiger partial charge is 0.207 e. The smallest absolute Gasteiger partial charge is 0.128 e. The summed E-state index contributed by atoms with van der Waals surface area (Å²) in [4.78, 5) is 2.27. The molecule has 2 aromatic rings. The summed E-state index contributed by atoms with van der Waals surface area (Å²) < 4.78 is 27.0. The van der Waals surface area contributed by atoms with Crippen LogP contribution >= 0.6 is 22.9 Å². The lowest BCUT2D eigenvalue weighted by atomic mass is 9.98. The molecule has 0 nitrogen and oxygen atoms in total. The van der Waals surface area contributed by atoms with Crippen molar-refractivity contribution < 1.29 is 8.78 Å². The summed E-state index contributed by atoms with van der Waals surface area (Å²) in [5.74, 6) is -0.906. The quantitative estimate of drug-likeness (QED) is 0.666. The summed E-state index contributed by atoms with van der Waals surface area (Å²) in [6.07, 6.45) is 4.55. The summed E-state index contributed by atoms with van der Waals surface area (Å²) in [5, 5.41) is -0.605. The van der Waals surface area contributed by atoms with Crippen molar-refractivity contribution in [3.8, 4) is 0 Å². The number of benzene rings is 1. The van der Waals surface area contributed by atoms with Crippen LogP contribution in [0.1, 0.15) is 39.1 Å². The molecule has 0 bridgehead atoms. The standard InChI is InChI=1S/C15H13ClF2S/c16-15(11-8-10(17)5-6-12(11)18)14-7-9-3-1-2-4-13(9)19-14/h5-8,15H,1-4H2. The highest BCUT2D eigenvalue weighted by molar-refractivity contribution is 7.12. The average Bonchev–Trinajstić information content (AvgIpc) is 2.84. The van der Waals surface area contributed by atoms with Gasteiger partial charge in [-0.1, -0.05) is 0 Å². The van der Waals surface area contributed by atoms with Gasteiger partial charge < -0.3 is 0 Å². The van der Waals surface area contributed by atoms with E-state index in [-0.39, 0.29) is 5.56 Å². The lowest BCUT2D eigenvalue weighted by Gasteiger charge is -2.09. The number of aryl methyl sites for hydroxylation is 2. The van der Waals surface area contributed by atoms with E-state index in [1.54, 1.807) is 11.3 Å². The van der Waals surface area contributed by atoms with Gasteiger partial charge in [0, 0.05) is 15.3 Å². The van der Waals surface area contributed by atoms with Crippen molar-refractivity contribution in [2.45, 2.75) is 31.1 Å². The molecule has 1 atom stereocenters. The monoisotopic (exact) mass is 298 g/mol. The maximum absolute atomic E-state index is 13.7. The second kappa shape index (κ2) is 5.22. The fourth-order valence-electron chi connectivity index (χ4n) is 2.50. The molecule has 0 saturated heterocycles. The molecule has 1 heterocycles. The van der Waals surface area contributed by atoms with Gasteiger partial charge in [0.1, 0.15) is 11.6 Å². The van der Waals surface area contributed by atoms with Gasteiger partial charge in [-0.05, 0) is 55.5 Å². The zero-order valence-corrected chi connectivity index (χ0v) is 11.8. The van der Waals surface area contributed by atoms with E-state index in [2.05, 4.69) is 6.07 Å². The van der Waals surface area contributed by atoms with Crippen molar-refractivity contribution >= 4 is 22.9 Å². The first-order valence-corrected chi connectivity index (χ1v) is 7.61. The van der Waals surface area contributed by atoms with Crippen LogP contribution in [0.15, 0.2) is 24.3 Å². The molecular formula is C15H13ClF2S. The number of hydrogen-bond donors (Lipinski definition) is 0. The Bertz CT molecular complexity index is 583. The molecule has 0 aliphatic heterocycles. The summed E-state index contributed by atoms with van der Waals surface area (Å²) in [7, 11) is 0. The highest BCUT2D eigenvalue weighted by Gasteiger charge is 2.21. The Hall–Kier alpha value is -0.930. The number of halogens is 3. The van der Waals surface area contributed by atoms with Gasteiger partial charge in [-0.15, -0.1) is 22.9 Å². The predicted octanol–water partition coefficient (Wildman–Crippen LogP) is 5.23. The molecule has 0 radical (unpaired) electrons. The van der Waals surface area contributed by atoms with Gasteiger partial charge in [0.25, 0.3) is 0 Å². The third kappa shape index (κ3) is 2.54. The minimum atomic E-state index is -0.605. The molecule has 1 aromatic heterocycles. The second-order valence-corrected chi connectivity index (χ2v) is 6.44. The first-order valence-electron chi connectivity index (χ1n) is 6.35. The minimum absolute atomic E-state index is 0.222. The predicted molar refractivity (Wildman–Crippen MR) is 75.0 cm³/mol. The van der Waals surface area contributed by atoms with E-state index in [1.807, 2.05) is 0 Å². The average molecular weight is 299 g/mol. The van der Waals surface area contributed by atoms with Crippen molar-refractivity contribution in [3.63, 3.8) is 0 Å². The Balaban J connectivity index is 1.97. The molecule has 1 unspecified atom stereocenters. The lowest BCUT2D eigenvalue weighted by molar-refractivity contribution is 0.587. The van der Waals surface area contributed by atoms with Gasteiger partial charge >= 0.3 is 0 Å². The van der Waals surface area contributed by atoms with Crippen LogP contribution < -0.4 is 0 Å². The van der Waals surface area contributed by atoms with Crippen LogP contribution in [0.2, 0.25) is 0 Å². The third-order valence-corrected chi connectivity index (χ3v) is 5.40. The maximum atomic E-state index is 13.7. The molecular weight excluding hydrogens is 286 g/mol. The van der Waals surface area contributed by atoms with Crippen LogP contribution in [0.3, 0.4) is 0 Å². The molecule has 3 rings (SSSR count). The number of hydrogen-bond acceptors (Lipinski definition) is 1. The number of fused-ring (bicyclic) bond motifs is 1. The molecule has 0 amide bonds. The van der Waals surface area contributed by atoms with E-state index >= 15 is 0 Å². The van der Waals surface area contributed by atoms with E-state index < -0.39 is 17.0 Å². The van der Waals surface area contributed by atoms with E-state index in [9.17, 15) is 8.78 Å². The SMILES string of the molecule is Fc1ccc(F)c(C(Cl)c2cc3c(s2)CCCC3)c1. The Morgan fingerprint density at radius 1 is 1.11 bits per heavy atom. The van der Waals surface area contributed by atoms with Crippen LogP contribution in [0.25, 0.3) is 0 Å². The molecule has 1 aliphatic rings. The van der Waals surface area contributed by atoms with Crippen molar-refractivity contribution in [2.24, 2.45) is 0 Å².